The molecule has 0 radical (unpaired) electrons. The lowest BCUT2D eigenvalue weighted by molar-refractivity contribution is -0.121. The molecule has 0 unspecified atom stereocenters. The number of carbonyl (C=O) groups is 1. The molecule has 1 N–H and O–H groups in total. The molecular formula is C25H32ClN3O2. The Labute approximate surface area is 190 Å². The summed E-state index contributed by atoms with van der Waals surface area (Å²) in [5.41, 5.74) is 1.98. The van der Waals surface area contributed by atoms with Crippen molar-refractivity contribution in [2.75, 3.05) is 38.5 Å². The molecule has 2 aromatic rings. The first-order valence-corrected chi connectivity index (χ1v) is 11.7. The number of nitrogens with one attached hydrogen (secondary N) is 1. The molecular weight excluding hydrogens is 410 g/mol. The molecule has 5 nitrogen and oxygen atoms in total. The molecule has 0 atom stereocenters. The number of rotatable bonds is 6. The van der Waals surface area contributed by atoms with Crippen molar-refractivity contribution in [3.8, 4) is 5.75 Å². The molecule has 2 fully saturated rings. The number of anilines is 1. The van der Waals surface area contributed by atoms with Crippen molar-refractivity contribution in [3.05, 3.63) is 59.1 Å². The van der Waals surface area contributed by atoms with E-state index in [0.717, 1.165) is 80.4 Å². The van der Waals surface area contributed by atoms with Gasteiger partial charge in [0.2, 0.25) is 5.91 Å². The maximum absolute atomic E-state index is 12.7. The first kappa shape index (κ1) is 22.1. The highest BCUT2D eigenvalue weighted by Gasteiger charge is 2.25. The van der Waals surface area contributed by atoms with Crippen LogP contribution >= 0.6 is 11.6 Å². The van der Waals surface area contributed by atoms with Gasteiger partial charge in [0, 0.05) is 36.3 Å². The molecule has 0 bridgehead atoms. The van der Waals surface area contributed by atoms with Crippen molar-refractivity contribution in [2.45, 2.75) is 38.3 Å². The van der Waals surface area contributed by atoms with Gasteiger partial charge in [-0.1, -0.05) is 29.8 Å². The van der Waals surface area contributed by atoms with Gasteiger partial charge in [-0.25, -0.2) is 0 Å². The number of nitrogens with zero attached hydrogens (tertiary/aromatic N) is 2. The van der Waals surface area contributed by atoms with E-state index in [4.69, 9.17) is 16.3 Å². The zero-order chi connectivity index (χ0) is 21.6. The molecule has 6 heteroatoms. The summed E-state index contributed by atoms with van der Waals surface area (Å²) in [7, 11) is 2.15. The second kappa shape index (κ2) is 10.5. The molecule has 2 heterocycles. The van der Waals surface area contributed by atoms with Crippen molar-refractivity contribution in [3.63, 3.8) is 0 Å². The number of benzene rings is 2. The number of hydrogen-bond acceptors (Lipinski definition) is 4. The minimum atomic E-state index is 0.0534. The van der Waals surface area contributed by atoms with E-state index in [1.807, 2.05) is 42.5 Å². The number of ether oxygens (including phenoxy) is 1. The van der Waals surface area contributed by atoms with Gasteiger partial charge in [0.05, 0.1) is 0 Å². The second-order valence-corrected chi connectivity index (χ2v) is 9.18. The monoisotopic (exact) mass is 441 g/mol. The van der Waals surface area contributed by atoms with E-state index >= 15 is 0 Å². The Hall–Kier alpha value is -2.08. The second-order valence-electron chi connectivity index (χ2n) is 8.78. The standard InChI is InChI=1S/C25H32ClN3O2/c1-28-14-12-23(13-15-28)31-22-8-6-21(7-9-22)27-25(30)19-10-16-29(17-11-19)18-20-4-2-3-5-24(20)26/h2-9,19,23H,10-18H2,1H3,(H,27,30). The van der Waals surface area contributed by atoms with Crippen LogP contribution in [0.25, 0.3) is 0 Å². The number of carbonyl (C=O) groups excluding carboxylic acids is 1. The average Bonchev–Trinajstić information content (AvgIpc) is 2.79. The first-order chi connectivity index (χ1) is 15.1. The lowest BCUT2D eigenvalue weighted by atomic mass is 9.95. The smallest absolute Gasteiger partial charge is 0.227 e. The van der Waals surface area contributed by atoms with Crippen LogP contribution in [0.1, 0.15) is 31.2 Å². The quantitative estimate of drug-likeness (QED) is 0.707. The molecule has 0 aliphatic carbocycles. The molecule has 0 saturated carbocycles. The minimum Gasteiger partial charge on any atom is -0.490 e. The summed E-state index contributed by atoms with van der Waals surface area (Å²) in [4.78, 5) is 17.4. The molecule has 2 aliphatic heterocycles. The van der Waals surface area contributed by atoms with Crippen molar-refractivity contribution in [2.24, 2.45) is 5.92 Å². The maximum atomic E-state index is 12.7. The van der Waals surface area contributed by atoms with Crippen molar-refractivity contribution >= 4 is 23.2 Å². The fraction of sp³-hybridized carbons (Fsp3) is 0.480. The summed E-state index contributed by atoms with van der Waals surface area (Å²) in [6.45, 7) is 4.82. The summed E-state index contributed by atoms with van der Waals surface area (Å²) in [6, 6.07) is 15.8. The topological polar surface area (TPSA) is 44.8 Å². The van der Waals surface area contributed by atoms with Gasteiger partial charge in [0.15, 0.2) is 0 Å². The van der Waals surface area contributed by atoms with Crippen LogP contribution in [0, 0.1) is 5.92 Å². The Morgan fingerprint density at radius 1 is 1.00 bits per heavy atom. The number of halogens is 1. The van der Waals surface area contributed by atoms with Crippen LogP contribution in [0.4, 0.5) is 5.69 Å². The van der Waals surface area contributed by atoms with E-state index in [1.54, 1.807) is 0 Å². The fourth-order valence-corrected chi connectivity index (χ4v) is 4.57. The number of likely N-dealkylation sites (tertiary alicyclic amines) is 2. The molecule has 0 spiro atoms. The Bertz CT molecular complexity index is 857. The van der Waals surface area contributed by atoms with Gasteiger partial charge in [-0.15, -0.1) is 0 Å². The zero-order valence-electron chi connectivity index (χ0n) is 18.2. The van der Waals surface area contributed by atoms with E-state index in [-0.39, 0.29) is 17.9 Å². The Morgan fingerprint density at radius 3 is 2.35 bits per heavy atom. The van der Waals surface area contributed by atoms with Crippen LogP contribution < -0.4 is 10.1 Å². The third kappa shape index (κ3) is 6.22. The number of amides is 1. The minimum absolute atomic E-state index is 0.0534. The van der Waals surface area contributed by atoms with Crippen LogP contribution in [0.5, 0.6) is 5.75 Å². The van der Waals surface area contributed by atoms with Crippen LogP contribution in [0.2, 0.25) is 5.02 Å². The van der Waals surface area contributed by atoms with E-state index < -0.39 is 0 Å². The summed E-state index contributed by atoms with van der Waals surface area (Å²) < 4.78 is 6.09. The van der Waals surface area contributed by atoms with E-state index in [0.29, 0.717) is 0 Å². The Kier molecular flexibility index (Phi) is 7.49. The lowest BCUT2D eigenvalue weighted by Crippen LogP contribution is -2.37. The summed E-state index contributed by atoms with van der Waals surface area (Å²) in [5.74, 6) is 1.04. The molecule has 0 aromatic heterocycles. The number of piperidine rings is 2. The highest BCUT2D eigenvalue weighted by Crippen LogP contribution is 2.25. The Balaban J connectivity index is 1.22. The summed E-state index contributed by atoms with van der Waals surface area (Å²) >= 11 is 6.28. The average molecular weight is 442 g/mol. The van der Waals surface area contributed by atoms with E-state index in [2.05, 4.69) is 28.2 Å². The summed E-state index contributed by atoms with van der Waals surface area (Å²) in [5, 5.41) is 3.89. The molecule has 31 heavy (non-hydrogen) atoms. The molecule has 166 valence electrons. The lowest BCUT2D eigenvalue weighted by Gasteiger charge is -2.31. The largest absolute Gasteiger partial charge is 0.490 e. The molecule has 4 rings (SSSR count). The third-order valence-corrected chi connectivity index (χ3v) is 6.77. The van der Waals surface area contributed by atoms with E-state index in [1.165, 1.54) is 0 Å². The van der Waals surface area contributed by atoms with Crippen LogP contribution in [-0.4, -0.2) is 55.0 Å². The SMILES string of the molecule is CN1CCC(Oc2ccc(NC(=O)C3CCN(Cc4ccccc4Cl)CC3)cc2)CC1. The van der Waals surface area contributed by atoms with E-state index in [9.17, 15) is 4.79 Å². The van der Waals surface area contributed by atoms with Gasteiger partial charge in [0.1, 0.15) is 11.9 Å². The number of hydrogen-bond donors (Lipinski definition) is 1. The van der Waals surface area contributed by atoms with Gasteiger partial charge < -0.3 is 15.0 Å². The highest BCUT2D eigenvalue weighted by molar-refractivity contribution is 6.31. The predicted octanol–water partition coefficient (Wildman–Crippen LogP) is 4.66. The third-order valence-electron chi connectivity index (χ3n) is 6.40. The molecule has 2 aliphatic rings. The van der Waals surface area contributed by atoms with Gasteiger partial charge in [0.25, 0.3) is 0 Å². The maximum Gasteiger partial charge on any atom is 0.227 e. The first-order valence-electron chi connectivity index (χ1n) is 11.3. The van der Waals surface area contributed by atoms with Gasteiger partial charge in [-0.05, 0) is 81.7 Å². The van der Waals surface area contributed by atoms with Gasteiger partial charge >= 0.3 is 0 Å². The van der Waals surface area contributed by atoms with Crippen LogP contribution in [-0.2, 0) is 11.3 Å². The predicted molar refractivity (Wildman–Crippen MR) is 126 cm³/mol. The highest BCUT2D eigenvalue weighted by atomic mass is 35.5. The molecule has 1 amide bonds. The normalized spacial score (nSPS) is 19.3. The fourth-order valence-electron chi connectivity index (χ4n) is 4.38. The van der Waals surface area contributed by atoms with Crippen LogP contribution in [0.3, 0.4) is 0 Å². The summed E-state index contributed by atoms with van der Waals surface area (Å²) in [6.07, 6.45) is 4.14. The zero-order valence-corrected chi connectivity index (χ0v) is 19.0. The van der Waals surface area contributed by atoms with Crippen molar-refractivity contribution in [1.29, 1.82) is 0 Å². The van der Waals surface area contributed by atoms with Crippen LogP contribution in [0.15, 0.2) is 48.5 Å². The molecule has 2 saturated heterocycles. The van der Waals surface area contributed by atoms with Gasteiger partial charge in [-0.2, -0.15) is 0 Å². The van der Waals surface area contributed by atoms with Gasteiger partial charge in [-0.3, -0.25) is 9.69 Å². The van der Waals surface area contributed by atoms with Crippen molar-refractivity contribution < 1.29 is 9.53 Å². The van der Waals surface area contributed by atoms with Crippen molar-refractivity contribution in [1.82, 2.24) is 9.80 Å². The molecule has 2 aromatic carbocycles. The Morgan fingerprint density at radius 2 is 1.68 bits per heavy atom.